The van der Waals surface area contributed by atoms with Crippen molar-refractivity contribution in [3.8, 4) is 0 Å². The second kappa shape index (κ2) is 8.61. The van der Waals surface area contributed by atoms with Crippen molar-refractivity contribution >= 4 is 29.3 Å². The van der Waals surface area contributed by atoms with Crippen LogP contribution in [0.4, 0.5) is 5.69 Å². The number of esters is 1. The molecule has 1 aliphatic heterocycles. The molecule has 5 heteroatoms. The number of benzene rings is 2. The van der Waals surface area contributed by atoms with Crippen LogP contribution in [0.5, 0.6) is 0 Å². The Bertz CT molecular complexity index is 832. The van der Waals surface area contributed by atoms with Crippen molar-refractivity contribution in [3.05, 3.63) is 64.7 Å². The Morgan fingerprint density at radius 3 is 2.59 bits per heavy atom. The van der Waals surface area contributed by atoms with Crippen LogP contribution < -0.4 is 4.90 Å². The van der Waals surface area contributed by atoms with Gasteiger partial charge in [-0.15, -0.1) is 11.8 Å². The lowest BCUT2D eigenvalue weighted by Crippen LogP contribution is -2.28. The topological polar surface area (TPSA) is 46.6 Å². The molecule has 142 valence electrons. The Balaban J connectivity index is 1.84. The average molecular weight is 384 g/mol. The Hall–Kier alpha value is -2.27. The van der Waals surface area contributed by atoms with Crippen molar-refractivity contribution in [3.63, 3.8) is 0 Å². The quantitative estimate of drug-likeness (QED) is 0.518. The number of rotatable bonds is 6. The summed E-state index contributed by atoms with van der Waals surface area (Å²) >= 11 is 1.63. The second-order valence-corrected chi connectivity index (χ2v) is 7.90. The van der Waals surface area contributed by atoms with Gasteiger partial charge in [0.25, 0.3) is 0 Å². The average Bonchev–Trinajstić information content (AvgIpc) is 3.03. The molecule has 2 aromatic rings. The van der Waals surface area contributed by atoms with Crippen molar-refractivity contribution in [2.45, 2.75) is 39.0 Å². The van der Waals surface area contributed by atoms with Crippen molar-refractivity contribution in [2.75, 3.05) is 17.3 Å². The Kier molecular flexibility index (Phi) is 6.22. The van der Waals surface area contributed by atoms with Crippen LogP contribution in [0.1, 0.15) is 52.2 Å². The number of carbonyl (C=O) groups is 2. The van der Waals surface area contributed by atoms with Crippen LogP contribution in [0.15, 0.2) is 42.5 Å². The lowest BCUT2D eigenvalue weighted by Gasteiger charge is -2.26. The molecule has 0 N–H and O–H groups in total. The molecule has 0 bridgehead atoms. The molecule has 1 fully saturated rings. The molecular weight excluding hydrogens is 358 g/mol. The van der Waals surface area contributed by atoms with Gasteiger partial charge < -0.3 is 4.74 Å². The molecule has 1 aliphatic rings. The summed E-state index contributed by atoms with van der Waals surface area (Å²) in [6.45, 7) is 6.48. The third kappa shape index (κ3) is 4.35. The molecule has 1 atom stereocenters. The minimum atomic E-state index is -0.310. The first-order valence-corrected chi connectivity index (χ1v) is 10.3. The summed E-state index contributed by atoms with van der Waals surface area (Å²) in [7, 11) is 0. The van der Waals surface area contributed by atoms with Crippen molar-refractivity contribution in [1.82, 2.24) is 0 Å². The SMILES string of the molecule is CCCCOC(=O)c1ccc(N2C(=O)CSC2c2ccc(C)cc2)c(C)c1. The molecule has 27 heavy (non-hydrogen) atoms. The normalized spacial score (nSPS) is 16.6. The third-order valence-corrected chi connectivity index (χ3v) is 5.87. The third-order valence-electron chi connectivity index (χ3n) is 4.65. The van der Waals surface area contributed by atoms with Crippen LogP contribution in [0.2, 0.25) is 0 Å². The largest absolute Gasteiger partial charge is 0.462 e. The highest BCUT2D eigenvalue weighted by Gasteiger charge is 2.34. The highest BCUT2D eigenvalue weighted by Crippen LogP contribution is 2.42. The summed E-state index contributed by atoms with van der Waals surface area (Å²) in [5, 5.41) is -0.0424. The molecular formula is C22H25NO3S. The van der Waals surface area contributed by atoms with Gasteiger partial charge in [0.1, 0.15) is 5.37 Å². The fourth-order valence-corrected chi connectivity index (χ4v) is 4.28. The van der Waals surface area contributed by atoms with E-state index in [4.69, 9.17) is 4.74 Å². The van der Waals surface area contributed by atoms with Gasteiger partial charge in [0.05, 0.1) is 17.9 Å². The number of thioether (sulfide) groups is 1. The second-order valence-electron chi connectivity index (χ2n) is 6.83. The van der Waals surface area contributed by atoms with Crippen molar-refractivity contribution < 1.29 is 14.3 Å². The Labute approximate surface area is 164 Å². The molecule has 4 nitrogen and oxygen atoms in total. The number of hydrogen-bond acceptors (Lipinski definition) is 4. The molecule has 0 radical (unpaired) electrons. The number of amides is 1. The molecule has 1 saturated heterocycles. The number of hydrogen-bond donors (Lipinski definition) is 0. The highest BCUT2D eigenvalue weighted by atomic mass is 32.2. The van der Waals surface area contributed by atoms with Gasteiger partial charge in [-0.2, -0.15) is 0 Å². The zero-order valence-electron chi connectivity index (χ0n) is 16.0. The highest BCUT2D eigenvalue weighted by molar-refractivity contribution is 8.00. The fraction of sp³-hybridized carbons (Fsp3) is 0.364. The fourth-order valence-electron chi connectivity index (χ4n) is 3.11. The minimum absolute atomic E-state index is 0.0424. The zero-order valence-corrected chi connectivity index (χ0v) is 16.8. The molecule has 0 aromatic heterocycles. The summed E-state index contributed by atoms with van der Waals surface area (Å²) in [5.74, 6) is 0.237. The van der Waals surface area contributed by atoms with E-state index in [2.05, 4.69) is 38.1 Å². The molecule has 1 amide bonds. The maximum Gasteiger partial charge on any atom is 0.338 e. The van der Waals surface area contributed by atoms with E-state index in [1.807, 2.05) is 24.0 Å². The number of aryl methyl sites for hydroxylation is 2. The maximum absolute atomic E-state index is 12.6. The first kappa shape index (κ1) is 19.5. The van der Waals surface area contributed by atoms with Gasteiger partial charge in [0.2, 0.25) is 5.91 Å². The van der Waals surface area contributed by atoms with E-state index in [0.29, 0.717) is 17.9 Å². The first-order valence-electron chi connectivity index (χ1n) is 9.29. The zero-order chi connectivity index (χ0) is 19.4. The van der Waals surface area contributed by atoms with Gasteiger partial charge in [0, 0.05) is 5.69 Å². The lowest BCUT2D eigenvalue weighted by molar-refractivity contribution is -0.115. The van der Waals surface area contributed by atoms with Crippen LogP contribution in [0, 0.1) is 13.8 Å². The van der Waals surface area contributed by atoms with E-state index in [1.165, 1.54) is 5.56 Å². The predicted octanol–water partition coefficient (Wildman–Crippen LogP) is 5.04. The van der Waals surface area contributed by atoms with E-state index >= 15 is 0 Å². The molecule has 1 heterocycles. The Morgan fingerprint density at radius 1 is 1.19 bits per heavy atom. The van der Waals surface area contributed by atoms with E-state index in [-0.39, 0.29) is 17.3 Å². The molecule has 0 saturated carbocycles. The minimum Gasteiger partial charge on any atom is -0.462 e. The monoisotopic (exact) mass is 383 g/mol. The number of carbonyl (C=O) groups excluding carboxylic acids is 2. The van der Waals surface area contributed by atoms with E-state index in [1.54, 1.807) is 17.8 Å². The number of unbranched alkanes of at least 4 members (excludes halogenated alkanes) is 1. The van der Waals surface area contributed by atoms with E-state index < -0.39 is 0 Å². The first-order chi connectivity index (χ1) is 13.0. The lowest BCUT2D eigenvalue weighted by atomic mass is 10.1. The van der Waals surface area contributed by atoms with Gasteiger partial charge in [-0.05, 0) is 49.6 Å². The van der Waals surface area contributed by atoms with Crippen LogP contribution in [0.3, 0.4) is 0 Å². The van der Waals surface area contributed by atoms with Crippen LogP contribution >= 0.6 is 11.8 Å². The van der Waals surface area contributed by atoms with Gasteiger partial charge in [-0.1, -0.05) is 43.2 Å². The maximum atomic E-state index is 12.6. The van der Waals surface area contributed by atoms with Gasteiger partial charge >= 0.3 is 5.97 Å². The molecule has 3 rings (SSSR count). The summed E-state index contributed by atoms with van der Waals surface area (Å²) in [6.07, 6.45) is 1.85. The molecule has 1 unspecified atom stereocenters. The van der Waals surface area contributed by atoms with Crippen molar-refractivity contribution in [2.24, 2.45) is 0 Å². The van der Waals surface area contributed by atoms with Crippen LogP contribution in [-0.4, -0.2) is 24.2 Å². The smallest absolute Gasteiger partial charge is 0.338 e. The standard InChI is InChI=1S/C22H25NO3S/c1-4-5-12-26-22(25)18-10-11-19(16(3)13-18)23-20(24)14-27-21(23)17-8-6-15(2)7-9-17/h6-11,13,21H,4-5,12,14H2,1-3H3. The number of anilines is 1. The summed E-state index contributed by atoms with van der Waals surface area (Å²) in [4.78, 5) is 26.6. The number of ether oxygens (including phenoxy) is 1. The van der Waals surface area contributed by atoms with Crippen LogP contribution in [-0.2, 0) is 9.53 Å². The molecule has 0 aliphatic carbocycles. The summed E-state index contributed by atoms with van der Waals surface area (Å²) in [5.41, 5.74) is 4.58. The van der Waals surface area contributed by atoms with Crippen molar-refractivity contribution in [1.29, 1.82) is 0 Å². The van der Waals surface area contributed by atoms with Gasteiger partial charge in [-0.3, -0.25) is 9.69 Å². The molecule has 0 spiro atoms. The Morgan fingerprint density at radius 2 is 1.93 bits per heavy atom. The molecule has 2 aromatic carbocycles. The summed E-state index contributed by atoms with van der Waals surface area (Å²) < 4.78 is 5.29. The van der Waals surface area contributed by atoms with E-state index in [0.717, 1.165) is 29.7 Å². The predicted molar refractivity (Wildman–Crippen MR) is 110 cm³/mol. The summed E-state index contributed by atoms with van der Waals surface area (Å²) in [6, 6.07) is 13.7. The van der Waals surface area contributed by atoms with Gasteiger partial charge in [0.15, 0.2) is 0 Å². The van der Waals surface area contributed by atoms with Gasteiger partial charge in [-0.25, -0.2) is 4.79 Å². The van der Waals surface area contributed by atoms with E-state index in [9.17, 15) is 9.59 Å². The van der Waals surface area contributed by atoms with Crippen LogP contribution in [0.25, 0.3) is 0 Å². The number of nitrogens with zero attached hydrogens (tertiary/aromatic N) is 1.